The van der Waals surface area contributed by atoms with Crippen molar-refractivity contribution in [2.45, 2.75) is 98.0 Å². The topological polar surface area (TPSA) is 171 Å². The minimum atomic E-state index is -1.19. The summed E-state index contributed by atoms with van der Waals surface area (Å²) in [5.41, 5.74) is 5.66. The zero-order valence-corrected chi connectivity index (χ0v) is 20.3. The summed E-state index contributed by atoms with van der Waals surface area (Å²) in [6, 6.07) is -4.18. The quantitative estimate of drug-likeness (QED) is 0.218. The lowest BCUT2D eigenvalue weighted by molar-refractivity contribution is -0.143. The summed E-state index contributed by atoms with van der Waals surface area (Å²) in [6.07, 6.45) is -0.245. The maximum Gasteiger partial charge on any atom is 0.326 e. The first-order chi connectivity index (χ1) is 14.6. The van der Waals surface area contributed by atoms with Gasteiger partial charge in [-0.05, 0) is 43.9 Å². The highest BCUT2D eigenvalue weighted by molar-refractivity contribution is 5.94. The van der Waals surface area contributed by atoms with Gasteiger partial charge in [-0.3, -0.25) is 14.4 Å². The lowest BCUT2D eigenvalue weighted by Crippen LogP contribution is -2.58. The van der Waals surface area contributed by atoms with E-state index >= 15 is 0 Å². The number of carboxylic acid groups (broad SMARTS) is 1. The van der Waals surface area contributed by atoms with Crippen LogP contribution in [0, 0.1) is 17.8 Å². The standard InChI is InChI=1S/C22H42N4O6/c1-11(2)8-15(20(29)26-17(22(31)32)10-13(5)6)24-19(28)16(9-12(3)4)25-21(30)18(23)14(7)27/h11-18,27H,8-10,23H2,1-7H3,(H,24,28)(H,25,30)(H,26,29)(H,31,32). The van der Waals surface area contributed by atoms with Crippen molar-refractivity contribution in [3.8, 4) is 0 Å². The normalized spacial score (nSPS) is 16.2. The molecule has 32 heavy (non-hydrogen) atoms. The largest absolute Gasteiger partial charge is 0.480 e. The molecule has 0 aromatic rings. The summed E-state index contributed by atoms with van der Waals surface area (Å²) in [5.74, 6) is -2.82. The predicted molar refractivity (Wildman–Crippen MR) is 121 cm³/mol. The number of amides is 3. The fourth-order valence-electron chi connectivity index (χ4n) is 3.13. The molecule has 0 saturated carbocycles. The molecule has 5 atom stereocenters. The number of nitrogens with one attached hydrogen (secondary N) is 3. The van der Waals surface area contributed by atoms with Crippen molar-refractivity contribution in [2.75, 3.05) is 0 Å². The van der Waals surface area contributed by atoms with Gasteiger partial charge < -0.3 is 31.9 Å². The van der Waals surface area contributed by atoms with Crippen molar-refractivity contribution in [1.82, 2.24) is 16.0 Å². The highest BCUT2D eigenvalue weighted by atomic mass is 16.4. The van der Waals surface area contributed by atoms with E-state index in [0.717, 1.165) is 0 Å². The Balaban J connectivity index is 5.52. The molecular weight excluding hydrogens is 416 g/mol. The van der Waals surface area contributed by atoms with Crippen LogP contribution in [0.1, 0.15) is 67.7 Å². The number of aliphatic carboxylic acids is 1. The summed E-state index contributed by atoms with van der Waals surface area (Å²) >= 11 is 0. The van der Waals surface area contributed by atoms with Crippen LogP contribution in [0.4, 0.5) is 0 Å². The number of aliphatic hydroxyl groups excluding tert-OH is 1. The molecule has 0 radical (unpaired) electrons. The zero-order valence-electron chi connectivity index (χ0n) is 20.3. The highest BCUT2D eigenvalue weighted by Gasteiger charge is 2.31. The van der Waals surface area contributed by atoms with Crippen molar-refractivity contribution in [3.05, 3.63) is 0 Å². The third kappa shape index (κ3) is 11.4. The van der Waals surface area contributed by atoms with E-state index in [4.69, 9.17) is 5.73 Å². The molecule has 0 heterocycles. The van der Waals surface area contributed by atoms with Gasteiger partial charge in [0.15, 0.2) is 0 Å². The minimum Gasteiger partial charge on any atom is -0.480 e. The van der Waals surface area contributed by atoms with E-state index in [-0.39, 0.29) is 24.2 Å². The zero-order chi connectivity index (χ0) is 25.2. The molecule has 0 aliphatic heterocycles. The van der Waals surface area contributed by atoms with E-state index in [9.17, 15) is 29.4 Å². The molecule has 0 fully saturated rings. The van der Waals surface area contributed by atoms with Gasteiger partial charge in [-0.2, -0.15) is 0 Å². The molecule has 186 valence electrons. The highest BCUT2D eigenvalue weighted by Crippen LogP contribution is 2.11. The molecule has 0 aliphatic rings. The van der Waals surface area contributed by atoms with Gasteiger partial charge in [-0.1, -0.05) is 41.5 Å². The first-order valence-corrected chi connectivity index (χ1v) is 11.2. The smallest absolute Gasteiger partial charge is 0.326 e. The van der Waals surface area contributed by atoms with E-state index in [1.165, 1.54) is 6.92 Å². The molecule has 10 nitrogen and oxygen atoms in total. The number of carbonyl (C=O) groups excluding carboxylic acids is 3. The monoisotopic (exact) mass is 458 g/mol. The molecule has 0 aromatic heterocycles. The van der Waals surface area contributed by atoms with E-state index in [0.29, 0.717) is 12.8 Å². The van der Waals surface area contributed by atoms with Gasteiger partial charge in [-0.25, -0.2) is 4.79 Å². The molecule has 0 spiro atoms. The van der Waals surface area contributed by atoms with Crippen LogP contribution < -0.4 is 21.7 Å². The van der Waals surface area contributed by atoms with E-state index in [1.807, 2.05) is 41.5 Å². The fourth-order valence-corrected chi connectivity index (χ4v) is 3.13. The van der Waals surface area contributed by atoms with Crippen molar-refractivity contribution >= 4 is 23.7 Å². The number of carbonyl (C=O) groups is 4. The SMILES string of the molecule is CC(C)CC(NC(=O)C(CC(C)C)NC(=O)C(CC(C)C)NC(=O)C(N)C(C)O)C(=O)O. The maximum atomic E-state index is 13.0. The van der Waals surface area contributed by atoms with Gasteiger partial charge >= 0.3 is 5.97 Å². The van der Waals surface area contributed by atoms with E-state index in [1.54, 1.807) is 0 Å². The first-order valence-electron chi connectivity index (χ1n) is 11.2. The predicted octanol–water partition coefficient (Wildman–Crippen LogP) is 0.372. The lowest BCUT2D eigenvalue weighted by atomic mass is 9.98. The molecule has 0 saturated heterocycles. The molecule has 3 amide bonds. The Hall–Kier alpha value is -2.20. The van der Waals surface area contributed by atoms with Gasteiger partial charge in [0.05, 0.1) is 6.10 Å². The molecule has 0 aromatic carbocycles. The van der Waals surface area contributed by atoms with Gasteiger partial charge in [0.1, 0.15) is 24.2 Å². The average molecular weight is 459 g/mol. The molecule has 0 rings (SSSR count). The molecule has 0 bridgehead atoms. The second-order valence-electron chi connectivity index (χ2n) is 9.68. The number of hydrogen-bond acceptors (Lipinski definition) is 6. The Morgan fingerprint density at radius 1 is 0.656 bits per heavy atom. The second-order valence-corrected chi connectivity index (χ2v) is 9.68. The van der Waals surface area contributed by atoms with Gasteiger partial charge in [0.25, 0.3) is 0 Å². The van der Waals surface area contributed by atoms with Gasteiger partial charge in [0, 0.05) is 0 Å². The first kappa shape index (κ1) is 29.8. The van der Waals surface area contributed by atoms with Crippen molar-refractivity contribution in [3.63, 3.8) is 0 Å². The maximum absolute atomic E-state index is 13.0. The number of aliphatic hydroxyl groups is 1. The second kappa shape index (κ2) is 14.1. The summed E-state index contributed by atoms with van der Waals surface area (Å²) in [7, 11) is 0. The number of hydrogen-bond donors (Lipinski definition) is 6. The Labute approximate surface area is 191 Å². The Kier molecular flexibility index (Phi) is 13.1. The van der Waals surface area contributed by atoms with E-state index in [2.05, 4.69) is 16.0 Å². The molecule has 10 heteroatoms. The Morgan fingerprint density at radius 2 is 0.969 bits per heavy atom. The van der Waals surface area contributed by atoms with Crippen LogP contribution in [0.5, 0.6) is 0 Å². The minimum absolute atomic E-state index is 0.0428. The lowest BCUT2D eigenvalue weighted by Gasteiger charge is -2.27. The molecular formula is C22H42N4O6. The molecule has 7 N–H and O–H groups in total. The van der Waals surface area contributed by atoms with Crippen molar-refractivity contribution in [1.29, 1.82) is 0 Å². The van der Waals surface area contributed by atoms with Gasteiger partial charge in [-0.15, -0.1) is 0 Å². The Bertz CT molecular complexity index is 636. The number of rotatable bonds is 14. The third-order valence-corrected chi connectivity index (χ3v) is 4.82. The van der Waals surface area contributed by atoms with E-state index < -0.39 is 54.0 Å². The van der Waals surface area contributed by atoms with Crippen LogP contribution in [0.3, 0.4) is 0 Å². The molecule has 0 aliphatic carbocycles. The molecule has 5 unspecified atom stereocenters. The number of carboxylic acids is 1. The average Bonchev–Trinajstić information content (AvgIpc) is 2.64. The van der Waals surface area contributed by atoms with Crippen molar-refractivity contribution < 1.29 is 29.4 Å². The Morgan fingerprint density at radius 3 is 1.28 bits per heavy atom. The van der Waals surface area contributed by atoms with Crippen LogP contribution in [-0.4, -0.2) is 64.2 Å². The summed E-state index contributed by atoms with van der Waals surface area (Å²) in [6.45, 7) is 12.6. The van der Waals surface area contributed by atoms with Crippen LogP contribution in [0.15, 0.2) is 0 Å². The summed E-state index contributed by atoms with van der Waals surface area (Å²) in [5, 5.41) is 26.7. The number of nitrogens with two attached hydrogens (primary N) is 1. The van der Waals surface area contributed by atoms with Crippen LogP contribution in [-0.2, 0) is 19.2 Å². The summed E-state index contributed by atoms with van der Waals surface area (Å²) in [4.78, 5) is 49.6. The van der Waals surface area contributed by atoms with Crippen LogP contribution >= 0.6 is 0 Å². The third-order valence-electron chi connectivity index (χ3n) is 4.82. The van der Waals surface area contributed by atoms with Gasteiger partial charge in [0.2, 0.25) is 17.7 Å². The van der Waals surface area contributed by atoms with Crippen LogP contribution in [0.25, 0.3) is 0 Å². The van der Waals surface area contributed by atoms with Crippen LogP contribution in [0.2, 0.25) is 0 Å². The van der Waals surface area contributed by atoms with Crippen molar-refractivity contribution in [2.24, 2.45) is 23.5 Å². The fraction of sp³-hybridized carbons (Fsp3) is 0.818. The summed E-state index contributed by atoms with van der Waals surface area (Å²) < 4.78 is 0.